The highest BCUT2D eigenvalue weighted by Gasteiger charge is 2.29. The molecular formula is C18H18BrNO4. The van der Waals surface area contributed by atoms with Crippen LogP contribution in [0.1, 0.15) is 18.1 Å². The zero-order chi connectivity index (χ0) is 17.7. The Kier molecular flexibility index (Phi) is 5.98. The molecule has 0 saturated heterocycles. The molecule has 1 unspecified atom stereocenters. The monoisotopic (exact) mass is 391 g/mol. The van der Waals surface area contributed by atoms with Crippen LogP contribution in [0.25, 0.3) is 0 Å². The second kappa shape index (κ2) is 7.97. The van der Waals surface area contributed by atoms with E-state index in [2.05, 4.69) is 15.9 Å². The second-order valence-electron chi connectivity index (χ2n) is 5.36. The number of halogens is 1. The van der Waals surface area contributed by atoms with E-state index in [9.17, 15) is 14.7 Å². The molecule has 2 aromatic carbocycles. The lowest BCUT2D eigenvalue weighted by Crippen LogP contribution is -2.44. The summed E-state index contributed by atoms with van der Waals surface area (Å²) in [5.41, 5.74) is 2.11. The predicted octanol–water partition coefficient (Wildman–Crippen LogP) is 4.37. The van der Waals surface area contributed by atoms with Crippen molar-refractivity contribution in [3.05, 3.63) is 64.1 Å². The number of amides is 1. The summed E-state index contributed by atoms with van der Waals surface area (Å²) in [5.74, 6) is -1.10. The Labute approximate surface area is 149 Å². The SMILES string of the molecule is Cc1cc(Br)ccc1N(C(=O)OCc1ccccc1)C(C)C(=O)O. The molecule has 5 nitrogen and oxygen atoms in total. The van der Waals surface area contributed by atoms with Gasteiger partial charge in [-0.1, -0.05) is 46.3 Å². The minimum Gasteiger partial charge on any atom is -0.480 e. The molecule has 0 radical (unpaired) electrons. The number of carboxylic acid groups (broad SMARTS) is 1. The molecule has 0 aromatic heterocycles. The number of benzene rings is 2. The number of rotatable bonds is 5. The van der Waals surface area contributed by atoms with E-state index in [0.717, 1.165) is 20.5 Å². The van der Waals surface area contributed by atoms with Crippen LogP contribution >= 0.6 is 15.9 Å². The van der Waals surface area contributed by atoms with Crippen molar-refractivity contribution in [2.45, 2.75) is 26.5 Å². The molecule has 2 rings (SSSR count). The van der Waals surface area contributed by atoms with Gasteiger partial charge >= 0.3 is 12.1 Å². The topological polar surface area (TPSA) is 66.8 Å². The van der Waals surface area contributed by atoms with Crippen LogP contribution in [0.3, 0.4) is 0 Å². The molecule has 0 saturated carbocycles. The molecule has 0 fully saturated rings. The van der Waals surface area contributed by atoms with E-state index in [0.29, 0.717) is 5.69 Å². The highest BCUT2D eigenvalue weighted by molar-refractivity contribution is 9.10. The Morgan fingerprint density at radius 2 is 1.88 bits per heavy atom. The molecule has 0 aliphatic heterocycles. The first-order valence-electron chi connectivity index (χ1n) is 7.39. The number of aliphatic carboxylic acids is 1. The zero-order valence-electron chi connectivity index (χ0n) is 13.4. The number of carboxylic acids is 1. The lowest BCUT2D eigenvalue weighted by Gasteiger charge is -2.27. The van der Waals surface area contributed by atoms with Crippen LogP contribution in [0.4, 0.5) is 10.5 Å². The lowest BCUT2D eigenvalue weighted by molar-refractivity contribution is -0.138. The van der Waals surface area contributed by atoms with Crippen LogP contribution in [-0.4, -0.2) is 23.2 Å². The van der Waals surface area contributed by atoms with Crippen LogP contribution < -0.4 is 4.90 Å². The third-order valence-electron chi connectivity index (χ3n) is 3.56. The Morgan fingerprint density at radius 1 is 1.21 bits per heavy atom. The molecule has 1 amide bonds. The third kappa shape index (κ3) is 4.35. The minimum absolute atomic E-state index is 0.0814. The number of carbonyl (C=O) groups excluding carboxylic acids is 1. The van der Waals surface area contributed by atoms with Crippen molar-refractivity contribution in [1.29, 1.82) is 0 Å². The summed E-state index contributed by atoms with van der Waals surface area (Å²) < 4.78 is 6.16. The number of nitrogens with zero attached hydrogens (tertiary/aromatic N) is 1. The van der Waals surface area contributed by atoms with E-state index >= 15 is 0 Å². The zero-order valence-corrected chi connectivity index (χ0v) is 15.0. The van der Waals surface area contributed by atoms with Crippen LogP contribution in [0.5, 0.6) is 0 Å². The summed E-state index contributed by atoms with van der Waals surface area (Å²) in [5, 5.41) is 9.33. The first-order valence-corrected chi connectivity index (χ1v) is 8.18. The molecule has 2 aromatic rings. The van der Waals surface area contributed by atoms with Gasteiger partial charge in [-0.3, -0.25) is 4.90 Å². The van der Waals surface area contributed by atoms with E-state index in [1.807, 2.05) is 43.3 Å². The van der Waals surface area contributed by atoms with Gasteiger partial charge in [-0.15, -0.1) is 0 Å². The maximum Gasteiger partial charge on any atom is 0.415 e. The van der Waals surface area contributed by atoms with E-state index < -0.39 is 18.1 Å². The highest BCUT2D eigenvalue weighted by Crippen LogP contribution is 2.26. The van der Waals surface area contributed by atoms with Crippen molar-refractivity contribution >= 4 is 33.7 Å². The van der Waals surface area contributed by atoms with Crippen LogP contribution in [-0.2, 0) is 16.1 Å². The molecule has 126 valence electrons. The van der Waals surface area contributed by atoms with E-state index in [1.165, 1.54) is 6.92 Å². The van der Waals surface area contributed by atoms with Gasteiger partial charge < -0.3 is 9.84 Å². The molecule has 6 heteroatoms. The highest BCUT2D eigenvalue weighted by atomic mass is 79.9. The van der Waals surface area contributed by atoms with Crippen molar-refractivity contribution in [3.63, 3.8) is 0 Å². The van der Waals surface area contributed by atoms with Crippen molar-refractivity contribution in [1.82, 2.24) is 0 Å². The normalized spacial score (nSPS) is 11.6. The average Bonchev–Trinajstić information content (AvgIpc) is 2.55. The van der Waals surface area contributed by atoms with Crippen molar-refractivity contribution < 1.29 is 19.4 Å². The van der Waals surface area contributed by atoms with Gasteiger partial charge in [-0.25, -0.2) is 9.59 Å². The molecule has 24 heavy (non-hydrogen) atoms. The fraction of sp³-hybridized carbons (Fsp3) is 0.222. The van der Waals surface area contributed by atoms with Gasteiger partial charge in [0.25, 0.3) is 0 Å². The second-order valence-corrected chi connectivity index (χ2v) is 6.27. The predicted molar refractivity (Wildman–Crippen MR) is 95.1 cm³/mol. The van der Waals surface area contributed by atoms with Gasteiger partial charge in [0, 0.05) is 4.47 Å². The number of aryl methyl sites for hydroxylation is 1. The third-order valence-corrected chi connectivity index (χ3v) is 4.06. The van der Waals surface area contributed by atoms with Gasteiger partial charge in [-0.05, 0) is 43.2 Å². The fourth-order valence-corrected chi connectivity index (χ4v) is 2.73. The maximum atomic E-state index is 12.5. The summed E-state index contributed by atoms with van der Waals surface area (Å²) in [6.45, 7) is 3.35. The molecule has 0 bridgehead atoms. The number of carbonyl (C=O) groups is 2. The van der Waals surface area contributed by atoms with Crippen molar-refractivity contribution in [3.8, 4) is 0 Å². The Morgan fingerprint density at radius 3 is 2.46 bits per heavy atom. The standard InChI is InChI=1S/C18H18BrNO4/c1-12-10-15(19)8-9-16(12)20(13(2)17(21)22)18(23)24-11-14-6-4-3-5-7-14/h3-10,13H,11H2,1-2H3,(H,21,22). The fourth-order valence-electron chi connectivity index (χ4n) is 2.25. The first kappa shape index (κ1) is 18.0. The molecular weight excluding hydrogens is 374 g/mol. The Balaban J connectivity index is 2.25. The number of ether oxygens (including phenoxy) is 1. The quantitative estimate of drug-likeness (QED) is 0.821. The van der Waals surface area contributed by atoms with E-state index in [1.54, 1.807) is 12.1 Å². The van der Waals surface area contributed by atoms with Gasteiger partial charge in [0.2, 0.25) is 0 Å². The average molecular weight is 392 g/mol. The van der Waals surface area contributed by atoms with Crippen molar-refractivity contribution in [2.75, 3.05) is 4.90 Å². The van der Waals surface area contributed by atoms with Gasteiger partial charge in [0.15, 0.2) is 0 Å². The van der Waals surface area contributed by atoms with Gasteiger partial charge in [-0.2, -0.15) is 0 Å². The summed E-state index contributed by atoms with van der Waals surface area (Å²) in [6, 6.07) is 13.5. The number of anilines is 1. The van der Waals surface area contributed by atoms with Gasteiger partial charge in [0.1, 0.15) is 12.6 Å². The Hall–Kier alpha value is -2.34. The summed E-state index contributed by atoms with van der Waals surface area (Å²) in [6.07, 6.45) is -0.695. The summed E-state index contributed by atoms with van der Waals surface area (Å²) in [4.78, 5) is 25.1. The first-order chi connectivity index (χ1) is 11.4. The number of hydrogen-bond acceptors (Lipinski definition) is 3. The largest absolute Gasteiger partial charge is 0.480 e. The molecule has 0 spiro atoms. The molecule has 0 aliphatic rings. The smallest absolute Gasteiger partial charge is 0.415 e. The molecule has 0 heterocycles. The van der Waals surface area contributed by atoms with Gasteiger partial charge in [0.05, 0.1) is 5.69 Å². The lowest BCUT2D eigenvalue weighted by atomic mass is 10.1. The summed E-state index contributed by atoms with van der Waals surface area (Å²) >= 11 is 3.36. The molecule has 1 N–H and O–H groups in total. The maximum absolute atomic E-state index is 12.5. The molecule has 1 atom stereocenters. The number of hydrogen-bond donors (Lipinski definition) is 1. The Bertz CT molecular complexity index is 733. The van der Waals surface area contributed by atoms with Crippen molar-refractivity contribution in [2.24, 2.45) is 0 Å². The van der Waals surface area contributed by atoms with Crippen LogP contribution in [0.15, 0.2) is 53.0 Å². The van der Waals surface area contributed by atoms with Crippen LogP contribution in [0, 0.1) is 6.92 Å². The summed E-state index contributed by atoms with van der Waals surface area (Å²) in [7, 11) is 0. The molecule has 0 aliphatic carbocycles. The van der Waals surface area contributed by atoms with E-state index in [4.69, 9.17) is 4.74 Å². The van der Waals surface area contributed by atoms with E-state index in [-0.39, 0.29) is 6.61 Å². The van der Waals surface area contributed by atoms with Crippen LogP contribution in [0.2, 0.25) is 0 Å². The minimum atomic E-state index is -1.10.